The molecule has 1 aliphatic carbocycles. The maximum absolute atomic E-state index is 12.4. The summed E-state index contributed by atoms with van der Waals surface area (Å²) in [5, 5.41) is 18.4. The number of likely N-dealkylation sites (tertiary alicyclic amines) is 1. The molecule has 0 aromatic carbocycles. The van der Waals surface area contributed by atoms with Crippen LogP contribution in [-0.2, 0) is 4.79 Å². The Morgan fingerprint density at radius 2 is 1.68 bits per heavy atom. The number of hydrogen-bond donors (Lipinski definition) is 2. The van der Waals surface area contributed by atoms with E-state index in [1.54, 1.807) is 4.90 Å². The fourth-order valence-corrected chi connectivity index (χ4v) is 2.95. The lowest BCUT2D eigenvalue weighted by atomic mass is 10.1. The molecule has 6 heteroatoms. The van der Waals surface area contributed by atoms with Crippen LogP contribution in [-0.4, -0.2) is 63.8 Å². The summed E-state index contributed by atoms with van der Waals surface area (Å²) >= 11 is 0. The molecule has 2 amide bonds. The molecule has 0 atom stereocenters. The van der Waals surface area contributed by atoms with Crippen molar-refractivity contribution in [1.29, 1.82) is 0 Å². The summed E-state index contributed by atoms with van der Waals surface area (Å²) in [6.45, 7) is 0.814. The van der Waals surface area contributed by atoms with Crippen LogP contribution in [0.4, 0.5) is 4.79 Å². The van der Waals surface area contributed by atoms with Crippen LogP contribution in [0.25, 0.3) is 0 Å². The minimum absolute atomic E-state index is 0.0652. The molecule has 1 saturated heterocycles. The van der Waals surface area contributed by atoms with E-state index in [2.05, 4.69) is 0 Å². The van der Waals surface area contributed by atoms with E-state index >= 15 is 0 Å². The van der Waals surface area contributed by atoms with Gasteiger partial charge in [-0.2, -0.15) is 0 Å². The number of carboxylic acid groups (broad SMARTS) is 1. The van der Waals surface area contributed by atoms with E-state index in [1.165, 1.54) is 4.90 Å². The molecule has 0 aromatic rings. The Morgan fingerprint density at radius 1 is 1.11 bits per heavy atom. The van der Waals surface area contributed by atoms with Crippen molar-refractivity contribution in [3.63, 3.8) is 0 Å². The van der Waals surface area contributed by atoms with Crippen LogP contribution in [0.2, 0.25) is 0 Å². The van der Waals surface area contributed by atoms with Crippen LogP contribution >= 0.6 is 0 Å². The highest BCUT2D eigenvalue weighted by molar-refractivity contribution is 5.80. The maximum atomic E-state index is 12.4. The normalized spacial score (nSPS) is 21.6. The lowest BCUT2D eigenvalue weighted by Crippen LogP contribution is -2.52. The van der Waals surface area contributed by atoms with E-state index in [0.717, 1.165) is 25.7 Å². The predicted octanol–water partition coefficient (Wildman–Crippen LogP) is 0.892. The number of aliphatic hydroxyl groups excluding tert-OH is 1. The van der Waals surface area contributed by atoms with Gasteiger partial charge in [0.1, 0.15) is 6.54 Å². The Labute approximate surface area is 113 Å². The highest BCUT2D eigenvalue weighted by Crippen LogP contribution is 2.25. The number of carbonyl (C=O) groups is 2. The van der Waals surface area contributed by atoms with E-state index in [9.17, 15) is 14.7 Å². The molecule has 2 aliphatic rings. The smallest absolute Gasteiger partial charge is 0.323 e. The monoisotopic (exact) mass is 270 g/mol. The van der Waals surface area contributed by atoms with Crippen molar-refractivity contribution >= 4 is 12.0 Å². The minimum Gasteiger partial charge on any atom is -0.480 e. The first-order chi connectivity index (χ1) is 9.08. The number of rotatable bonds is 3. The van der Waals surface area contributed by atoms with Gasteiger partial charge in [-0.1, -0.05) is 12.8 Å². The fraction of sp³-hybridized carbons (Fsp3) is 0.846. The topological polar surface area (TPSA) is 81.1 Å². The van der Waals surface area contributed by atoms with Gasteiger partial charge in [-0.15, -0.1) is 0 Å². The number of piperidine rings is 1. The summed E-state index contributed by atoms with van der Waals surface area (Å²) in [4.78, 5) is 26.6. The zero-order valence-electron chi connectivity index (χ0n) is 11.1. The summed E-state index contributed by atoms with van der Waals surface area (Å²) in [5.41, 5.74) is 0. The van der Waals surface area contributed by atoms with Gasteiger partial charge >= 0.3 is 12.0 Å². The second-order valence-electron chi connectivity index (χ2n) is 5.46. The molecule has 108 valence electrons. The SMILES string of the molecule is O=C(O)CN(C(=O)N1CCC(O)CC1)C1CCCC1. The zero-order valence-corrected chi connectivity index (χ0v) is 11.1. The molecule has 0 bridgehead atoms. The molecule has 2 N–H and O–H groups in total. The number of urea groups is 1. The van der Waals surface area contributed by atoms with Gasteiger partial charge in [0.25, 0.3) is 0 Å². The summed E-state index contributed by atoms with van der Waals surface area (Å²) < 4.78 is 0. The van der Waals surface area contributed by atoms with Crippen LogP contribution in [0, 0.1) is 0 Å². The number of aliphatic hydroxyl groups is 1. The molecular formula is C13H22N2O4. The number of amides is 2. The standard InChI is InChI=1S/C13H22N2O4/c16-11-5-7-14(8-6-11)13(19)15(9-12(17)18)10-3-1-2-4-10/h10-11,16H,1-9H2,(H,17,18). The van der Waals surface area contributed by atoms with E-state index < -0.39 is 5.97 Å². The zero-order chi connectivity index (χ0) is 13.8. The maximum Gasteiger partial charge on any atom is 0.323 e. The number of aliphatic carboxylic acids is 1. The van der Waals surface area contributed by atoms with Crippen molar-refractivity contribution in [2.75, 3.05) is 19.6 Å². The van der Waals surface area contributed by atoms with E-state index in [-0.39, 0.29) is 24.7 Å². The highest BCUT2D eigenvalue weighted by atomic mass is 16.4. The van der Waals surface area contributed by atoms with Crippen molar-refractivity contribution in [2.24, 2.45) is 0 Å². The van der Waals surface area contributed by atoms with Crippen LogP contribution < -0.4 is 0 Å². The van der Waals surface area contributed by atoms with Crippen molar-refractivity contribution < 1.29 is 19.8 Å². The van der Waals surface area contributed by atoms with Crippen LogP contribution in [0.5, 0.6) is 0 Å². The van der Waals surface area contributed by atoms with Gasteiger partial charge in [-0.25, -0.2) is 4.79 Å². The molecule has 1 saturated carbocycles. The Bertz CT molecular complexity index is 334. The van der Waals surface area contributed by atoms with Crippen LogP contribution in [0.3, 0.4) is 0 Å². The fourth-order valence-electron chi connectivity index (χ4n) is 2.95. The number of nitrogens with zero attached hydrogens (tertiary/aromatic N) is 2. The van der Waals surface area contributed by atoms with Gasteiger partial charge < -0.3 is 20.0 Å². The number of hydrogen-bond acceptors (Lipinski definition) is 3. The summed E-state index contributed by atoms with van der Waals surface area (Å²) in [6.07, 6.45) is 4.75. The van der Waals surface area contributed by atoms with Gasteiger partial charge in [0.2, 0.25) is 0 Å². The Kier molecular flexibility index (Phi) is 4.63. The summed E-state index contributed by atoms with van der Waals surface area (Å²) in [5.74, 6) is -0.961. The molecule has 2 rings (SSSR count). The molecule has 0 unspecified atom stereocenters. The van der Waals surface area contributed by atoms with Crippen LogP contribution in [0.1, 0.15) is 38.5 Å². The van der Waals surface area contributed by atoms with E-state index in [4.69, 9.17) is 5.11 Å². The average Bonchev–Trinajstić information content (AvgIpc) is 2.89. The molecule has 6 nitrogen and oxygen atoms in total. The molecule has 1 aliphatic heterocycles. The van der Waals surface area contributed by atoms with Gasteiger partial charge in [0.05, 0.1) is 6.10 Å². The summed E-state index contributed by atoms with van der Waals surface area (Å²) in [7, 11) is 0. The summed E-state index contributed by atoms with van der Waals surface area (Å²) in [6, 6.07) is -0.114. The van der Waals surface area contributed by atoms with Crippen molar-refractivity contribution in [3.8, 4) is 0 Å². The third kappa shape index (κ3) is 3.59. The molecular weight excluding hydrogens is 248 g/mol. The van der Waals surface area contributed by atoms with Crippen molar-refractivity contribution in [1.82, 2.24) is 9.80 Å². The quantitative estimate of drug-likeness (QED) is 0.798. The second kappa shape index (κ2) is 6.23. The Hall–Kier alpha value is -1.30. The van der Waals surface area contributed by atoms with Crippen molar-refractivity contribution in [3.05, 3.63) is 0 Å². The first kappa shape index (κ1) is 14.1. The minimum atomic E-state index is -0.961. The third-order valence-corrected chi connectivity index (χ3v) is 4.05. The number of carboxylic acids is 1. The van der Waals surface area contributed by atoms with Crippen LogP contribution in [0.15, 0.2) is 0 Å². The van der Waals surface area contributed by atoms with Gasteiger partial charge in [-0.3, -0.25) is 4.79 Å². The predicted molar refractivity (Wildman–Crippen MR) is 68.8 cm³/mol. The largest absolute Gasteiger partial charge is 0.480 e. The first-order valence-electron chi connectivity index (χ1n) is 7.03. The lowest BCUT2D eigenvalue weighted by molar-refractivity contribution is -0.138. The van der Waals surface area contributed by atoms with Gasteiger partial charge in [-0.05, 0) is 25.7 Å². The Balaban J connectivity index is 2.00. The molecule has 2 fully saturated rings. The van der Waals surface area contributed by atoms with Gasteiger partial charge in [0.15, 0.2) is 0 Å². The molecule has 0 spiro atoms. The first-order valence-corrected chi connectivity index (χ1v) is 7.03. The van der Waals surface area contributed by atoms with E-state index in [0.29, 0.717) is 25.9 Å². The number of carbonyl (C=O) groups excluding carboxylic acids is 1. The Morgan fingerprint density at radius 3 is 2.21 bits per heavy atom. The molecule has 0 radical (unpaired) electrons. The molecule has 19 heavy (non-hydrogen) atoms. The molecule has 1 heterocycles. The van der Waals surface area contributed by atoms with Crippen molar-refractivity contribution in [2.45, 2.75) is 50.7 Å². The van der Waals surface area contributed by atoms with E-state index in [1.807, 2.05) is 0 Å². The molecule has 0 aromatic heterocycles. The highest BCUT2D eigenvalue weighted by Gasteiger charge is 2.32. The lowest BCUT2D eigenvalue weighted by Gasteiger charge is -2.36. The second-order valence-corrected chi connectivity index (χ2v) is 5.46. The van der Waals surface area contributed by atoms with Gasteiger partial charge in [0, 0.05) is 19.1 Å². The third-order valence-electron chi connectivity index (χ3n) is 4.05. The average molecular weight is 270 g/mol.